The van der Waals surface area contributed by atoms with Crippen LogP contribution < -0.4 is 0 Å². The van der Waals surface area contributed by atoms with Crippen LogP contribution in [0.15, 0.2) is 12.4 Å². The van der Waals surface area contributed by atoms with Gasteiger partial charge >= 0.3 is 0 Å². The number of hydrogen-bond donors (Lipinski definition) is 1. The number of hydrogen-bond acceptors (Lipinski definition) is 5. The number of piperidine rings is 1. The fraction of sp³-hybridized carbons (Fsp3) is 0.833. The molecule has 1 aromatic rings. The third-order valence-electron chi connectivity index (χ3n) is 5.65. The van der Waals surface area contributed by atoms with Crippen LogP contribution in [0.3, 0.4) is 0 Å². The second-order valence-corrected chi connectivity index (χ2v) is 7.38. The van der Waals surface area contributed by atoms with Crippen molar-refractivity contribution in [3.63, 3.8) is 0 Å². The Morgan fingerprint density at radius 2 is 2.00 bits per heavy atom. The number of aliphatic hydroxyl groups excluding tert-OH is 1. The molecule has 0 aromatic carbocycles. The zero-order valence-electron chi connectivity index (χ0n) is 15.3. The lowest BCUT2D eigenvalue weighted by molar-refractivity contribution is 0.00599. The molecule has 1 atom stereocenters. The lowest BCUT2D eigenvalue weighted by Gasteiger charge is -2.47. The predicted octanol–water partition coefficient (Wildman–Crippen LogP) is 0.866. The molecule has 24 heavy (non-hydrogen) atoms. The zero-order valence-corrected chi connectivity index (χ0v) is 15.3. The van der Waals surface area contributed by atoms with E-state index in [1.807, 2.05) is 10.9 Å². The fourth-order valence-electron chi connectivity index (χ4n) is 4.21. The monoisotopic (exact) mass is 335 g/mol. The van der Waals surface area contributed by atoms with Gasteiger partial charge in [0.1, 0.15) is 0 Å². The van der Waals surface area contributed by atoms with E-state index in [1.165, 1.54) is 31.5 Å². The first kappa shape index (κ1) is 17.9. The van der Waals surface area contributed by atoms with Gasteiger partial charge in [-0.25, -0.2) is 0 Å². The lowest BCUT2D eigenvalue weighted by atomic mass is 9.98. The Labute approximate surface area is 146 Å². The van der Waals surface area contributed by atoms with Gasteiger partial charge in [0.15, 0.2) is 0 Å². The SMILES string of the molecule is CCn1cc(CN2CCN(C3CCN(C)CC3)[C@@H](CCO)C2)cn1. The first-order valence-corrected chi connectivity index (χ1v) is 9.48. The van der Waals surface area contributed by atoms with Crippen LogP contribution in [-0.2, 0) is 13.1 Å². The summed E-state index contributed by atoms with van der Waals surface area (Å²) in [5.74, 6) is 0. The van der Waals surface area contributed by atoms with Crippen LogP contribution in [0.1, 0.15) is 31.7 Å². The molecule has 3 rings (SSSR count). The van der Waals surface area contributed by atoms with Crippen molar-refractivity contribution in [1.82, 2.24) is 24.5 Å². The van der Waals surface area contributed by atoms with E-state index in [2.05, 4.69) is 40.0 Å². The van der Waals surface area contributed by atoms with Crippen LogP contribution in [0, 0.1) is 0 Å². The van der Waals surface area contributed by atoms with Crippen molar-refractivity contribution >= 4 is 0 Å². The average Bonchev–Trinajstić information content (AvgIpc) is 3.04. The van der Waals surface area contributed by atoms with Gasteiger partial charge in [-0.3, -0.25) is 14.5 Å². The molecule has 2 saturated heterocycles. The Hall–Kier alpha value is -0.950. The second kappa shape index (κ2) is 8.43. The Morgan fingerprint density at radius 1 is 1.21 bits per heavy atom. The highest BCUT2D eigenvalue weighted by atomic mass is 16.3. The maximum absolute atomic E-state index is 9.52. The summed E-state index contributed by atoms with van der Waals surface area (Å²) >= 11 is 0. The molecule has 0 radical (unpaired) electrons. The topological polar surface area (TPSA) is 47.8 Å². The molecule has 0 bridgehead atoms. The third-order valence-corrected chi connectivity index (χ3v) is 5.65. The van der Waals surface area contributed by atoms with Gasteiger partial charge in [-0.1, -0.05) is 0 Å². The van der Waals surface area contributed by atoms with E-state index in [0.29, 0.717) is 12.1 Å². The molecule has 2 aliphatic rings. The van der Waals surface area contributed by atoms with Crippen LogP contribution in [0.25, 0.3) is 0 Å². The minimum atomic E-state index is 0.287. The minimum Gasteiger partial charge on any atom is -0.396 e. The van der Waals surface area contributed by atoms with Crippen molar-refractivity contribution in [3.8, 4) is 0 Å². The number of piperazine rings is 1. The number of rotatable bonds is 6. The molecule has 0 unspecified atom stereocenters. The molecule has 2 fully saturated rings. The normalized spacial score (nSPS) is 25.4. The Kier molecular flexibility index (Phi) is 6.27. The van der Waals surface area contributed by atoms with Crippen LogP contribution >= 0.6 is 0 Å². The van der Waals surface area contributed by atoms with Gasteiger partial charge in [0, 0.05) is 63.2 Å². The summed E-state index contributed by atoms with van der Waals surface area (Å²) in [5.41, 5.74) is 1.30. The molecule has 2 aliphatic heterocycles. The molecule has 0 aliphatic carbocycles. The van der Waals surface area contributed by atoms with Crippen molar-refractivity contribution in [2.24, 2.45) is 0 Å². The summed E-state index contributed by atoms with van der Waals surface area (Å²) in [6.45, 7) is 10.0. The fourth-order valence-corrected chi connectivity index (χ4v) is 4.21. The molecule has 0 spiro atoms. The molecule has 6 nitrogen and oxygen atoms in total. The van der Waals surface area contributed by atoms with Crippen LogP contribution in [0.4, 0.5) is 0 Å². The molecule has 1 N–H and O–H groups in total. The van der Waals surface area contributed by atoms with E-state index >= 15 is 0 Å². The Morgan fingerprint density at radius 3 is 2.67 bits per heavy atom. The molecular formula is C18H33N5O. The number of aromatic nitrogens is 2. The largest absolute Gasteiger partial charge is 0.396 e. The van der Waals surface area contributed by atoms with Crippen molar-refractivity contribution < 1.29 is 5.11 Å². The highest BCUT2D eigenvalue weighted by Crippen LogP contribution is 2.23. The summed E-state index contributed by atoms with van der Waals surface area (Å²) in [6.07, 6.45) is 7.57. The highest BCUT2D eigenvalue weighted by Gasteiger charge is 2.33. The van der Waals surface area contributed by atoms with E-state index in [4.69, 9.17) is 0 Å². The number of aliphatic hydroxyl groups is 1. The number of nitrogens with zero attached hydrogens (tertiary/aromatic N) is 5. The van der Waals surface area contributed by atoms with Gasteiger partial charge < -0.3 is 10.0 Å². The first-order valence-electron chi connectivity index (χ1n) is 9.48. The summed E-state index contributed by atoms with van der Waals surface area (Å²) in [6, 6.07) is 1.18. The molecular weight excluding hydrogens is 302 g/mol. The quantitative estimate of drug-likeness (QED) is 0.836. The molecule has 136 valence electrons. The van der Waals surface area contributed by atoms with E-state index in [1.54, 1.807) is 0 Å². The molecule has 3 heterocycles. The van der Waals surface area contributed by atoms with E-state index in [-0.39, 0.29) is 6.61 Å². The number of likely N-dealkylation sites (tertiary alicyclic amines) is 1. The van der Waals surface area contributed by atoms with Crippen molar-refractivity contribution in [3.05, 3.63) is 18.0 Å². The van der Waals surface area contributed by atoms with Gasteiger partial charge in [0.05, 0.1) is 6.20 Å². The summed E-state index contributed by atoms with van der Waals surface area (Å²) in [5, 5.41) is 13.9. The standard InChI is InChI=1S/C18H33N5O/c1-3-22-14-16(12-19-22)13-21-9-10-23(18(15-21)6-11-24)17-4-7-20(2)8-5-17/h12,14,17-18,24H,3-11,13,15H2,1-2H3/t18-/m0/s1. The summed E-state index contributed by atoms with van der Waals surface area (Å²) in [4.78, 5) is 7.65. The van der Waals surface area contributed by atoms with Gasteiger partial charge in [-0.2, -0.15) is 5.10 Å². The van der Waals surface area contributed by atoms with Crippen molar-refractivity contribution in [2.75, 3.05) is 46.4 Å². The van der Waals surface area contributed by atoms with Crippen molar-refractivity contribution in [1.29, 1.82) is 0 Å². The van der Waals surface area contributed by atoms with Crippen molar-refractivity contribution in [2.45, 2.75) is 51.4 Å². The Balaban J connectivity index is 1.58. The third kappa shape index (κ3) is 4.36. The molecule has 1 aromatic heterocycles. The Bertz CT molecular complexity index is 497. The van der Waals surface area contributed by atoms with Crippen LogP contribution in [-0.4, -0.2) is 88.0 Å². The summed E-state index contributed by atoms with van der Waals surface area (Å²) < 4.78 is 2.00. The maximum atomic E-state index is 9.52. The van der Waals surface area contributed by atoms with Gasteiger partial charge in [0.2, 0.25) is 0 Å². The predicted molar refractivity (Wildman–Crippen MR) is 95.9 cm³/mol. The minimum absolute atomic E-state index is 0.287. The van der Waals surface area contributed by atoms with E-state index < -0.39 is 0 Å². The lowest BCUT2D eigenvalue weighted by Crippen LogP contribution is -2.58. The average molecular weight is 335 g/mol. The molecule has 0 saturated carbocycles. The highest BCUT2D eigenvalue weighted by molar-refractivity contribution is 5.04. The molecule has 0 amide bonds. The first-order chi connectivity index (χ1) is 11.7. The van der Waals surface area contributed by atoms with E-state index in [9.17, 15) is 5.11 Å². The smallest absolute Gasteiger partial charge is 0.0534 e. The van der Waals surface area contributed by atoms with Gasteiger partial charge in [0.25, 0.3) is 0 Å². The number of aryl methyl sites for hydroxylation is 1. The van der Waals surface area contributed by atoms with Gasteiger partial charge in [-0.15, -0.1) is 0 Å². The second-order valence-electron chi connectivity index (χ2n) is 7.38. The molecule has 6 heteroatoms. The summed E-state index contributed by atoms with van der Waals surface area (Å²) in [7, 11) is 2.22. The van der Waals surface area contributed by atoms with Crippen LogP contribution in [0.2, 0.25) is 0 Å². The zero-order chi connectivity index (χ0) is 16.9. The van der Waals surface area contributed by atoms with Gasteiger partial charge in [-0.05, 0) is 46.3 Å². The maximum Gasteiger partial charge on any atom is 0.0534 e. The van der Waals surface area contributed by atoms with E-state index in [0.717, 1.165) is 39.1 Å². The van der Waals surface area contributed by atoms with Crippen LogP contribution in [0.5, 0.6) is 0 Å².